The van der Waals surface area contributed by atoms with Crippen LogP contribution in [0.3, 0.4) is 0 Å². The van der Waals surface area contributed by atoms with Crippen molar-refractivity contribution >= 4 is 26.7 Å². The van der Waals surface area contributed by atoms with Crippen LogP contribution in [0.5, 0.6) is 0 Å². The summed E-state index contributed by atoms with van der Waals surface area (Å²) < 4.78 is 12.8. The fourth-order valence-electron chi connectivity index (χ4n) is 1.03. The van der Waals surface area contributed by atoms with Crippen LogP contribution in [-0.4, -0.2) is 16.5 Å². The highest BCUT2D eigenvalue weighted by Crippen LogP contribution is 2.15. The molecule has 0 aromatic heterocycles. The first-order valence-electron chi connectivity index (χ1n) is 4.47. The molecule has 1 aromatic rings. The summed E-state index contributed by atoms with van der Waals surface area (Å²) in [6.45, 7) is 2.59. The van der Waals surface area contributed by atoms with Crippen molar-refractivity contribution in [2.75, 3.05) is 12.3 Å². The average molecular weight is 276 g/mol. The highest BCUT2D eigenvalue weighted by atomic mass is 79.9. The third-order valence-electron chi connectivity index (χ3n) is 1.90. The fourth-order valence-corrected chi connectivity index (χ4v) is 2.92. The van der Waals surface area contributed by atoms with Gasteiger partial charge in [-0.25, -0.2) is 0 Å². The Morgan fingerprint density at radius 2 is 2.29 bits per heavy atom. The van der Waals surface area contributed by atoms with Crippen molar-refractivity contribution in [2.45, 2.75) is 11.8 Å². The molecule has 0 saturated heterocycles. The Hall–Kier alpha value is -0.190. The summed E-state index contributed by atoms with van der Waals surface area (Å²) >= 11 is 3.35. The van der Waals surface area contributed by atoms with Gasteiger partial charge in [0.25, 0.3) is 0 Å². The molecule has 2 atom stereocenters. The lowest BCUT2D eigenvalue weighted by Crippen LogP contribution is -2.17. The number of nitrogens with two attached hydrogens (primary N) is 1. The Morgan fingerprint density at radius 3 is 2.86 bits per heavy atom. The molecule has 0 aliphatic heterocycles. The third kappa shape index (κ3) is 3.52. The first kappa shape index (κ1) is 11.9. The van der Waals surface area contributed by atoms with Gasteiger partial charge >= 0.3 is 0 Å². The molecule has 0 bridgehead atoms. The van der Waals surface area contributed by atoms with E-state index in [9.17, 15) is 4.21 Å². The Morgan fingerprint density at radius 1 is 1.57 bits per heavy atom. The van der Waals surface area contributed by atoms with E-state index in [-0.39, 0.29) is 0 Å². The molecule has 0 saturated carbocycles. The zero-order valence-electron chi connectivity index (χ0n) is 8.07. The van der Waals surface area contributed by atoms with Crippen molar-refractivity contribution in [3.05, 3.63) is 28.7 Å². The zero-order valence-corrected chi connectivity index (χ0v) is 10.5. The second-order valence-electron chi connectivity index (χ2n) is 3.31. The molecule has 0 aliphatic carbocycles. The molecule has 78 valence electrons. The molecule has 0 amide bonds. The van der Waals surface area contributed by atoms with Gasteiger partial charge in [-0.2, -0.15) is 0 Å². The third-order valence-corrected chi connectivity index (χ3v) is 4.04. The van der Waals surface area contributed by atoms with E-state index in [0.717, 1.165) is 9.37 Å². The number of benzene rings is 1. The minimum atomic E-state index is -0.934. The van der Waals surface area contributed by atoms with Crippen LogP contribution in [0.25, 0.3) is 0 Å². The van der Waals surface area contributed by atoms with Crippen molar-refractivity contribution < 1.29 is 4.21 Å². The molecule has 2 unspecified atom stereocenters. The first-order valence-corrected chi connectivity index (χ1v) is 6.58. The van der Waals surface area contributed by atoms with E-state index in [1.54, 1.807) is 0 Å². The van der Waals surface area contributed by atoms with E-state index >= 15 is 0 Å². The van der Waals surface area contributed by atoms with Gasteiger partial charge < -0.3 is 5.73 Å². The topological polar surface area (TPSA) is 43.1 Å². The Labute approximate surface area is 95.5 Å². The largest absolute Gasteiger partial charge is 0.330 e. The Balaban J connectivity index is 2.70. The van der Waals surface area contributed by atoms with Gasteiger partial charge in [0.05, 0.1) is 10.8 Å². The molecular formula is C10H14BrNOS. The summed E-state index contributed by atoms with van der Waals surface area (Å²) in [7, 11) is -0.934. The SMILES string of the molecule is CC(CN)CS(=O)c1cccc(Br)c1. The average Bonchev–Trinajstić information content (AvgIpc) is 2.17. The van der Waals surface area contributed by atoms with Gasteiger partial charge in [-0.1, -0.05) is 28.9 Å². The predicted octanol–water partition coefficient (Wildman–Crippen LogP) is 2.15. The molecule has 2 nitrogen and oxygen atoms in total. The number of rotatable bonds is 4. The summed E-state index contributed by atoms with van der Waals surface area (Å²) in [5.74, 6) is 0.933. The van der Waals surface area contributed by atoms with Gasteiger partial charge in [0.15, 0.2) is 0 Å². The van der Waals surface area contributed by atoms with Crippen molar-refractivity contribution in [1.82, 2.24) is 0 Å². The van der Waals surface area contributed by atoms with Crippen molar-refractivity contribution in [1.29, 1.82) is 0 Å². The summed E-state index contributed by atoms with van der Waals surface area (Å²) in [6.07, 6.45) is 0. The van der Waals surface area contributed by atoms with Crippen molar-refractivity contribution in [3.8, 4) is 0 Å². The van der Waals surface area contributed by atoms with Crippen LogP contribution < -0.4 is 5.73 Å². The maximum atomic E-state index is 11.8. The molecule has 14 heavy (non-hydrogen) atoms. The number of hydrogen-bond acceptors (Lipinski definition) is 2. The van der Waals surface area contributed by atoms with E-state index in [1.165, 1.54) is 0 Å². The normalized spacial score (nSPS) is 15.1. The highest BCUT2D eigenvalue weighted by molar-refractivity contribution is 9.10. The Bertz CT molecular complexity index is 330. The highest BCUT2D eigenvalue weighted by Gasteiger charge is 2.08. The summed E-state index contributed by atoms with van der Waals surface area (Å²) in [6, 6.07) is 7.58. The molecule has 0 aliphatic rings. The number of hydrogen-bond donors (Lipinski definition) is 1. The molecule has 0 fully saturated rings. The van der Waals surface area contributed by atoms with Crippen LogP contribution in [0.15, 0.2) is 33.6 Å². The van der Waals surface area contributed by atoms with E-state index in [2.05, 4.69) is 15.9 Å². The van der Waals surface area contributed by atoms with Crippen molar-refractivity contribution in [3.63, 3.8) is 0 Å². The predicted molar refractivity (Wildman–Crippen MR) is 63.6 cm³/mol. The Kier molecular flexibility index (Phi) is 4.78. The van der Waals surface area contributed by atoms with E-state index in [0.29, 0.717) is 18.2 Å². The standard InChI is InChI=1S/C10H14BrNOS/c1-8(6-12)7-14(13)10-4-2-3-9(11)5-10/h2-5,8H,6-7,12H2,1H3. The van der Waals surface area contributed by atoms with Crippen molar-refractivity contribution in [2.24, 2.45) is 11.7 Å². The molecule has 1 rings (SSSR count). The lowest BCUT2D eigenvalue weighted by Gasteiger charge is -2.07. The van der Waals surface area contributed by atoms with Crippen LogP contribution in [0.4, 0.5) is 0 Å². The van der Waals surface area contributed by atoms with Crippen LogP contribution in [0.1, 0.15) is 6.92 Å². The molecule has 4 heteroatoms. The summed E-state index contributed by atoms with van der Waals surface area (Å²) in [4.78, 5) is 0.861. The van der Waals surface area contributed by atoms with Gasteiger partial charge in [0.1, 0.15) is 0 Å². The molecule has 0 radical (unpaired) electrons. The minimum Gasteiger partial charge on any atom is -0.330 e. The molecule has 1 aromatic carbocycles. The second-order valence-corrected chi connectivity index (χ2v) is 5.72. The quantitative estimate of drug-likeness (QED) is 0.915. The second kappa shape index (κ2) is 5.63. The van der Waals surface area contributed by atoms with Gasteiger partial charge in [-0.3, -0.25) is 4.21 Å². The first-order chi connectivity index (χ1) is 6.63. The van der Waals surface area contributed by atoms with Gasteiger partial charge in [-0.05, 0) is 30.7 Å². The van der Waals surface area contributed by atoms with E-state index < -0.39 is 10.8 Å². The van der Waals surface area contributed by atoms with Crippen LogP contribution in [0, 0.1) is 5.92 Å². The lowest BCUT2D eigenvalue weighted by atomic mass is 10.2. The molecule has 0 heterocycles. The minimum absolute atomic E-state index is 0.301. The summed E-state index contributed by atoms with van der Waals surface area (Å²) in [5, 5.41) is 0. The monoisotopic (exact) mass is 275 g/mol. The zero-order chi connectivity index (χ0) is 10.6. The van der Waals surface area contributed by atoms with Gasteiger partial charge in [0, 0.05) is 15.1 Å². The molecule has 0 spiro atoms. The maximum Gasteiger partial charge on any atom is 0.0533 e. The van der Waals surface area contributed by atoms with Crippen LogP contribution >= 0.6 is 15.9 Å². The van der Waals surface area contributed by atoms with E-state index in [1.807, 2.05) is 31.2 Å². The smallest absolute Gasteiger partial charge is 0.0533 e. The number of halogens is 1. The van der Waals surface area contributed by atoms with E-state index in [4.69, 9.17) is 5.73 Å². The van der Waals surface area contributed by atoms with Gasteiger partial charge in [-0.15, -0.1) is 0 Å². The van der Waals surface area contributed by atoms with Gasteiger partial charge in [0.2, 0.25) is 0 Å². The molecular weight excluding hydrogens is 262 g/mol. The van der Waals surface area contributed by atoms with Crippen LogP contribution in [0.2, 0.25) is 0 Å². The van der Waals surface area contributed by atoms with Crippen LogP contribution in [-0.2, 0) is 10.8 Å². The lowest BCUT2D eigenvalue weighted by molar-refractivity contribution is 0.641. The maximum absolute atomic E-state index is 11.8. The molecule has 2 N–H and O–H groups in total. The fraction of sp³-hybridized carbons (Fsp3) is 0.400. The summed E-state index contributed by atoms with van der Waals surface area (Å²) in [5.41, 5.74) is 5.48.